The third-order valence-corrected chi connectivity index (χ3v) is 7.55. The minimum atomic E-state index is -0.700. The summed E-state index contributed by atoms with van der Waals surface area (Å²) < 4.78 is 5.84. The topological polar surface area (TPSA) is 63.6 Å². The van der Waals surface area contributed by atoms with Crippen molar-refractivity contribution in [2.45, 2.75) is 180 Å². The Morgan fingerprint density at radius 1 is 0.524 bits per heavy atom. The van der Waals surface area contributed by atoms with E-state index in [-0.39, 0.29) is 18.5 Å². The zero-order valence-electron chi connectivity index (χ0n) is 27.5. The second kappa shape index (κ2) is 33.4. The van der Waals surface area contributed by atoms with Crippen LogP contribution in [0.4, 0.5) is 0 Å². The number of hydrogen-bond donors (Lipinski definition) is 1. The van der Waals surface area contributed by atoms with Gasteiger partial charge in [0.2, 0.25) is 0 Å². The highest BCUT2D eigenvalue weighted by Gasteiger charge is 2.13. The molecule has 0 bridgehead atoms. The first-order chi connectivity index (χ1) is 20.6. The summed E-state index contributed by atoms with van der Waals surface area (Å²) in [6, 6.07) is 0. The van der Waals surface area contributed by atoms with Gasteiger partial charge in [-0.25, -0.2) is 0 Å². The van der Waals surface area contributed by atoms with Gasteiger partial charge in [0.1, 0.15) is 6.10 Å². The maximum Gasteiger partial charge on any atom is 0.306 e. The molecule has 0 heterocycles. The number of aliphatic carboxylic acids is 1. The van der Waals surface area contributed by atoms with Crippen molar-refractivity contribution in [3.05, 3.63) is 48.6 Å². The number of carboxylic acid groups (broad SMARTS) is 1. The van der Waals surface area contributed by atoms with Gasteiger partial charge < -0.3 is 9.84 Å². The number of rotatable bonds is 31. The largest absolute Gasteiger partial charge is 0.481 e. The van der Waals surface area contributed by atoms with Gasteiger partial charge in [0, 0.05) is 12.8 Å². The molecule has 1 atom stereocenters. The van der Waals surface area contributed by atoms with E-state index in [1.165, 1.54) is 44.9 Å². The second-order valence-electron chi connectivity index (χ2n) is 11.7. The molecule has 0 amide bonds. The van der Waals surface area contributed by atoms with Crippen LogP contribution >= 0.6 is 0 Å². The maximum atomic E-state index is 12.4. The highest BCUT2D eigenvalue weighted by atomic mass is 16.5. The second-order valence-corrected chi connectivity index (χ2v) is 11.7. The van der Waals surface area contributed by atoms with Crippen molar-refractivity contribution in [3.8, 4) is 0 Å². The molecule has 0 saturated carbocycles. The van der Waals surface area contributed by atoms with E-state index >= 15 is 0 Å². The van der Waals surface area contributed by atoms with Crippen molar-refractivity contribution >= 4 is 11.9 Å². The highest BCUT2D eigenvalue weighted by molar-refractivity contribution is 5.69. The molecule has 0 aliphatic heterocycles. The maximum absolute atomic E-state index is 12.4. The molecule has 1 unspecified atom stereocenters. The quantitative estimate of drug-likeness (QED) is 0.0498. The molecule has 4 nitrogen and oxygen atoms in total. The van der Waals surface area contributed by atoms with Gasteiger partial charge in [0.25, 0.3) is 0 Å². The Bertz CT molecular complexity index is 719. The fourth-order valence-corrected chi connectivity index (χ4v) is 4.92. The summed E-state index contributed by atoms with van der Waals surface area (Å²) in [5, 5.41) is 8.70. The average molecular weight is 587 g/mol. The van der Waals surface area contributed by atoms with Crippen LogP contribution in [0.2, 0.25) is 0 Å². The van der Waals surface area contributed by atoms with E-state index in [4.69, 9.17) is 9.84 Å². The lowest BCUT2D eigenvalue weighted by Crippen LogP contribution is -2.18. The van der Waals surface area contributed by atoms with Gasteiger partial charge in [-0.15, -0.1) is 0 Å². The number of allylic oxidation sites excluding steroid dienone is 8. The Morgan fingerprint density at radius 2 is 0.952 bits per heavy atom. The van der Waals surface area contributed by atoms with Crippen molar-refractivity contribution in [1.82, 2.24) is 0 Å². The first-order valence-corrected chi connectivity index (χ1v) is 17.6. The molecule has 0 aromatic heterocycles. The molecule has 0 aromatic rings. The van der Waals surface area contributed by atoms with Crippen LogP contribution in [-0.4, -0.2) is 23.1 Å². The van der Waals surface area contributed by atoms with Crippen molar-refractivity contribution in [2.24, 2.45) is 0 Å². The van der Waals surface area contributed by atoms with Gasteiger partial charge in [-0.1, -0.05) is 133 Å². The van der Waals surface area contributed by atoms with Gasteiger partial charge in [-0.05, 0) is 77.0 Å². The van der Waals surface area contributed by atoms with Gasteiger partial charge in [0.15, 0.2) is 0 Å². The summed E-state index contributed by atoms with van der Waals surface area (Å²) >= 11 is 0. The summed E-state index contributed by atoms with van der Waals surface area (Å²) in [6.07, 6.45) is 44.5. The molecule has 0 saturated heterocycles. The zero-order valence-corrected chi connectivity index (χ0v) is 27.5. The lowest BCUT2D eigenvalue weighted by atomic mass is 10.0. The van der Waals surface area contributed by atoms with E-state index < -0.39 is 5.97 Å². The fraction of sp³-hybridized carbons (Fsp3) is 0.737. The molecule has 1 N–H and O–H groups in total. The molecule has 0 fully saturated rings. The standard InChI is InChI=1S/C38H66O4/c1-3-5-7-8-9-10-11-12-13-14-15-16-17-18-19-20-21-22-23-28-31-35-38(41)42-36(32-6-4-2)33-29-26-24-25-27-30-34-37(39)40/h9-10,12-13,15-16,18-19,36H,3-8,11,14,17,20-35H2,1-2H3,(H,39,40)/b10-9-,13-12-,16-15-,19-18-. The molecule has 0 aromatic carbocycles. The van der Waals surface area contributed by atoms with E-state index in [0.717, 1.165) is 103 Å². The Morgan fingerprint density at radius 3 is 1.50 bits per heavy atom. The van der Waals surface area contributed by atoms with Crippen LogP contribution in [0.25, 0.3) is 0 Å². The number of carbonyl (C=O) groups excluding carboxylic acids is 1. The van der Waals surface area contributed by atoms with Gasteiger partial charge >= 0.3 is 11.9 Å². The third kappa shape index (κ3) is 32.4. The number of ether oxygens (including phenoxy) is 1. The van der Waals surface area contributed by atoms with E-state index in [0.29, 0.717) is 6.42 Å². The Hall–Kier alpha value is -2.10. The average Bonchev–Trinajstić information content (AvgIpc) is 2.97. The van der Waals surface area contributed by atoms with Crippen LogP contribution in [-0.2, 0) is 14.3 Å². The summed E-state index contributed by atoms with van der Waals surface area (Å²) in [5.41, 5.74) is 0. The zero-order chi connectivity index (χ0) is 30.8. The lowest BCUT2D eigenvalue weighted by Gasteiger charge is -2.18. The van der Waals surface area contributed by atoms with Crippen molar-refractivity contribution < 1.29 is 19.4 Å². The highest BCUT2D eigenvalue weighted by Crippen LogP contribution is 2.17. The lowest BCUT2D eigenvalue weighted by molar-refractivity contribution is -0.150. The van der Waals surface area contributed by atoms with Crippen LogP contribution < -0.4 is 0 Å². The SMILES string of the molecule is CCCCC/C=C\C/C=C\C/C=C\C/C=C\CCCCCCCC(=O)OC(CCCC)CCCCCCCCC(=O)O. The smallest absolute Gasteiger partial charge is 0.306 e. The predicted octanol–water partition coefficient (Wildman–Crippen LogP) is 12.0. The molecule has 0 aliphatic carbocycles. The van der Waals surface area contributed by atoms with E-state index in [1.54, 1.807) is 0 Å². The predicted molar refractivity (Wildman–Crippen MR) is 181 cm³/mol. The number of carbonyl (C=O) groups is 2. The Kier molecular flexibility index (Phi) is 31.7. The molecular formula is C38H66O4. The molecule has 0 rings (SSSR count). The Balaban J connectivity index is 3.71. The first-order valence-electron chi connectivity index (χ1n) is 17.6. The number of carboxylic acids is 1. The van der Waals surface area contributed by atoms with Crippen LogP contribution in [0, 0.1) is 0 Å². The molecule has 0 radical (unpaired) electrons. The summed E-state index contributed by atoms with van der Waals surface area (Å²) in [7, 11) is 0. The van der Waals surface area contributed by atoms with Crippen LogP contribution in [0.3, 0.4) is 0 Å². The molecule has 42 heavy (non-hydrogen) atoms. The molecule has 242 valence electrons. The van der Waals surface area contributed by atoms with E-state index in [2.05, 4.69) is 62.5 Å². The summed E-state index contributed by atoms with van der Waals surface area (Å²) in [5.74, 6) is -0.722. The van der Waals surface area contributed by atoms with E-state index in [1.807, 2.05) is 0 Å². The van der Waals surface area contributed by atoms with Gasteiger partial charge in [0.05, 0.1) is 0 Å². The van der Waals surface area contributed by atoms with Crippen molar-refractivity contribution in [3.63, 3.8) is 0 Å². The van der Waals surface area contributed by atoms with Crippen LogP contribution in [0.1, 0.15) is 174 Å². The van der Waals surface area contributed by atoms with Gasteiger partial charge in [-0.2, -0.15) is 0 Å². The Labute approximate surface area is 260 Å². The molecule has 4 heteroatoms. The fourth-order valence-electron chi connectivity index (χ4n) is 4.92. The van der Waals surface area contributed by atoms with Crippen molar-refractivity contribution in [2.75, 3.05) is 0 Å². The molecule has 0 aliphatic rings. The normalized spacial score (nSPS) is 12.8. The number of hydrogen-bond acceptors (Lipinski definition) is 3. The minimum absolute atomic E-state index is 0.0223. The molecular weight excluding hydrogens is 520 g/mol. The number of esters is 1. The van der Waals surface area contributed by atoms with E-state index in [9.17, 15) is 9.59 Å². The monoisotopic (exact) mass is 586 g/mol. The number of unbranched alkanes of at least 4 members (excludes halogenated alkanes) is 14. The molecule has 0 spiro atoms. The minimum Gasteiger partial charge on any atom is -0.481 e. The van der Waals surface area contributed by atoms with Gasteiger partial charge in [-0.3, -0.25) is 9.59 Å². The first kappa shape index (κ1) is 39.9. The summed E-state index contributed by atoms with van der Waals surface area (Å²) in [4.78, 5) is 23.0. The van der Waals surface area contributed by atoms with Crippen LogP contribution in [0.15, 0.2) is 48.6 Å². The van der Waals surface area contributed by atoms with Crippen LogP contribution in [0.5, 0.6) is 0 Å². The van der Waals surface area contributed by atoms with Crippen molar-refractivity contribution in [1.29, 1.82) is 0 Å². The summed E-state index contributed by atoms with van der Waals surface area (Å²) in [6.45, 7) is 4.43. The third-order valence-electron chi connectivity index (χ3n) is 7.55.